The quantitative estimate of drug-likeness (QED) is 0.773. The average Bonchev–Trinajstić information content (AvgIpc) is 2.29. The fourth-order valence-corrected chi connectivity index (χ4v) is 2.38. The lowest BCUT2D eigenvalue weighted by molar-refractivity contribution is -0.111. The number of nitrogens with one attached hydrogen (secondary N) is 1. The summed E-state index contributed by atoms with van der Waals surface area (Å²) < 4.78 is 31.0. The molecule has 0 unspecified atom stereocenters. The highest BCUT2D eigenvalue weighted by Crippen LogP contribution is 2.15. The Balaban J connectivity index is 2.69. The third kappa shape index (κ3) is 4.64. The summed E-state index contributed by atoms with van der Waals surface area (Å²) in [5.41, 5.74) is 0. The van der Waals surface area contributed by atoms with Crippen LogP contribution in [-0.4, -0.2) is 26.8 Å². The minimum atomic E-state index is -3.60. The van der Waals surface area contributed by atoms with Gasteiger partial charge in [0.25, 0.3) is 0 Å². The molecule has 100 valence electrons. The molecular formula is C11H14ClNO4S. The first-order valence-electron chi connectivity index (χ1n) is 5.36. The second-order valence-corrected chi connectivity index (χ2v) is 5.60. The smallest absolute Gasteiger partial charge is 0.240 e. The van der Waals surface area contributed by atoms with Gasteiger partial charge in [0.15, 0.2) is 0 Å². The normalized spacial score (nSPS) is 11.2. The van der Waals surface area contributed by atoms with E-state index in [1.54, 1.807) is 12.1 Å². The van der Waals surface area contributed by atoms with E-state index in [4.69, 9.17) is 16.3 Å². The van der Waals surface area contributed by atoms with Crippen LogP contribution in [0, 0.1) is 0 Å². The van der Waals surface area contributed by atoms with Crippen LogP contribution < -0.4 is 9.46 Å². The molecule has 0 atom stereocenters. The van der Waals surface area contributed by atoms with Crippen molar-refractivity contribution < 1.29 is 17.9 Å². The molecule has 5 nitrogen and oxygen atoms in total. The summed E-state index contributed by atoms with van der Waals surface area (Å²) in [4.78, 5) is 10.6. The summed E-state index contributed by atoms with van der Waals surface area (Å²) in [7, 11) is -3.60. The van der Waals surface area contributed by atoms with Crippen LogP contribution in [0.4, 0.5) is 0 Å². The molecule has 0 heterocycles. The first-order chi connectivity index (χ1) is 8.45. The van der Waals surface area contributed by atoms with Crippen molar-refractivity contribution in [3.8, 4) is 5.75 Å². The molecule has 0 aliphatic rings. The van der Waals surface area contributed by atoms with Crippen LogP contribution in [0.25, 0.3) is 0 Å². The monoisotopic (exact) mass is 291 g/mol. The van der Waals surface area contributed by atoms with Gasteiger partial charge in [0.05, 0.1) is 11.5 Å². The number of hydrogen-bond acceptors (Lipinski definition) is 4. The van der Waals surface area contributed by atoms with Gasteiger partial charge in [0.2, 0.25) is 15.3 Å². The lowest BCUT2D eigenvalue weighted by atomic mass is 10.3. The second kappa shape index (κ2) is 6.72. The summed E-state index contributed by atoms with van der Waals surface area (Å²) in [6, 6.07) is 6.03. The highest BCUT2D eigenvalue weighted by molar-refractivity contribution is 7.89. The summed E-state index contributed by atoms with van der Waals surface area (Å²) in [5.74, 6) is 0.604. The Hall–Kier alpha value is -1.11. The highest BCUT2D eigenvalue weighted by atomic mass is 35.5. The van der Waals surface area contributed by atoms with Crippen LogP contribution in [0.1, 0.15) is 13.3 Å². The molecule has 1 aromatic rings. The highest BCUT2D eigenvalue weighted by Gasteiger charge is 2.13. The van der Waals surface area contributed by atoms with Gasteiger partial charge in [-0.2, -0.15) is 0 Å². The maximum absolute atomic E-state index is 11.8. The first kappa shape index (κ1) is 14.9. The summed E-state index contributed by atoms with van der Waals surface area (Å²) >= 11 is 5.12. The molecule has 0 fully saturated rings. The van der Waals surface area contributed by atoms with Crippen molar-refractivity contribution in [1.29, 1.82) is 0 Å². The van der Waals surface area contributed by atoms with Crippen molar-refractivity contribution >= 4 is 26.9 Å². The minimum Gasteiger partial charge on any atom is -0.494 e. The van der Waals surface area contributed by atoms with Gasteiger partial charge in [-0.05, 0) is 42.8 Å². The predicted octanol–water partition coefficient (Wildman–Crippen LogP) is 1.52. The maximum Gasteiger partial charge on any atom is 0.240 e. The minimum absolute atomic E-state index is 0.0160. The Bertz CT molecular complexity index is 498. The zero-order chi connectivity index (χ0) is 13.6. The van der Waals surface area contributed by atoms with E-state index >= 15 is 0 Å². The molecule has 1 N–H and O–H groups in total. The van der Waals surface area contributed by atoms with Crippen molar-refractivity contribution in [1.82, 2.24) is 4.72 Å². The second-order valence-electron chi connectivity index (χ2n) is 3.41. The topological polar surface area (TPSA) is 72.5 Å². The van der Waals surface area contributed by atoms with Crippen LogP contribution in [-0.2, 0) is 14.8 Å². The van der Waals surface area contributed by atoms with Gasteiger partial charge >= 0.3 is 0 Å². The van der Waals surface area contributed by atoms with Crippen LogP contribution >= 0.6 is 11.6 Å². The van der Waals surface area contributed by atoms with E-state index in [1.165, 1.54) is 12.1 Å². The molecular weight excluding hydrogens is 278 g/mol. The lowest BCUT2D eigenvalue weighted by Gasteiger charge is -2.07. The molecule has 0 aliphatic carbocycles. The van der Waals surface area contributed by atoms with E-state index < -0.39 is 15.3 Å². The molecule has 1 aromatic carbocycles. The Morgan fingerprint density at radius 1 is 1.33 bits per heavy atom. The molecule has 0 spiro atoms. The van der Waals surface area contributed by atoms with E-state index in [9.17, 15) is 13.2 Å². The molecule has 0 radical (unpaired) electrons. The molecule has 0 amide bonds. The lowest BCUT2D eigenvalue weighted by Crippen LogP contribution is -2.25. The number of carbonyl (C=O) groups is 1. The number of benzene rings is 1. The summed E-state index contributed by atoms with van der Waals surface area (Å²) in [6.45, 7) is 2.34. The first-order valence-corrected chi connectivity index (χ1v) is 7.22. The van der Waals surface area contributed by atoms with Gasteiger partial charge < -0.3 is 4.74 Å². The van der Waals surface area contributed by atoms with Crippen LogP contribution in [0.15, 0.2) is 29.2 Å². The molecule has 1 rings (SSSR count). The zero-order valence-corrected chi connectivity index (χ0v) is 11.4. The SMILES string of the molecule is CCOc1ccc(S(=O)(=O)NCCC(=O)Cl)cc1. The number of ether oxygens (including phenoxy) is 1. The van der Waals surface area contributed by atoms with Crippen LogP contribution in [0.2, 0.25) is 0 Å². The largest absolute Gasteiger partial charge is 0.494 e. The number of hydrogen-bond donors (Lipinski definition) is 1. The van der Waals surface area contributed by atoms with Gasteiger partial charge in [-0.25, -0.2) is 13.1 Å². The van der Waals surface area contributed by atoms with Gasteiger partial charge in [0.1, 0.15) is 5.75 Å². The van der Waals surface area contributed by atoms with Gasteiger partial charge in [-0.1, -0.05) is 0 Å². The number of rotatable bonds is 7. The Morgan fingerprint density at radius 2 is 1.94 bits per heavy atom. The van der Waals surface area contributed by atoms with Crippen molar-refractivity contribution in [2.45, 2.75) is 18.2 Å². The van der Waals surface area contributed by atoms with Gasteiger partial charge in [-0.3, -0.25) is 4.79 Å². The van der Waals surface area contributed by atoms with E-state index in [-0.39, 0.29) is 17.9 Å². The molecule has 0 saturated carbocycles. The Labute approximate surface area is 111 Å². The third-order valence-corrected chi connectivity index (χ3v) is 3.72. The summed E-state index contributed by atoms with van der Waals surface area (Å²) in [6.07, 6.45) is -0.0438. The van der Waals surface area contributed by atoms with Crippen molar-refractivity contribution in [2.24, 2.45) is 0 Å². The fraction of sp³-hybridized carbons (Fsp3) is 0.364. The summed E-state index contributed by atoms with van der Waals surface area (Å²) in [5, 5.41) is -0.579. The van der Waals surface area contributed by atoms with Crippen molar-refractivity contribution in [2.75, 3.05) is 13.2 Å². The van der Waals surface area contributed by atoms with Crippen molar-refractivity contribution in [3.63, 3.8) is 0 Å². The maximum atomic E-state index is 11.8. The van der Waals surface area contributed by atoms with E-state index in [0.29, 0.717) is 12.4 Å². The van der Waals surface area contributed by atoms with Gasteiger partial charge in [-0.15, -0.1) is 0 Å². The molecule has 0 bridgehead atoms. The Morgan fingerprint density at radius 3 is 2.44 bits per heavy atom. The number of halogens is 1. The molecule has 0 aromatic heterocycles. The van der Waals surface area contributed by atoms with Crippen LogP contribution in [0.5, 0.6) is 5.75 Å². The predicted molar refractivity (Wildman–Crippen MR) is 68.3 cm³/mol. The molecule has 18 heavy (non-hydrogen) atoms. The number of carbonyl (C=O) groups excluding carboxylic acids is 1. The standard InChI is InChI=1S/C11H14ClNO4S/c1-2-17-9-3-5-10(6-4-9)18(15,16)13-8-7-11(12)14/h3-6,13H,2,7-8H2,1H3. The molecule has 7 heteroatoms. The van der Waals surface area contributed by atoms with E-state index in [1.807, 2.05) is 6.92 Å². The number of sulfonamides is 1. The van der Waals surface area contributed by atoms with E-state index in [0.717, 1.165) is 0 Å². The zero-order valence-electron chi connectivity index (χ0n) is 9.85. The average molecular weight is 292 g/mol. The molecule has 0 saturated heterocycles. The fourth-order valence-electron chi connectivity index (χ4n) is 1.25. The van der Waals surface area contributed by atoms with Crippen molar-refractivity contribution in [3.05, 3.63) is 24.3 Å². The van der Waals surface area contributed by atoms with Crippen LogP contribution in [0.3, 0.4) is 0 Å². The Kier molecular flexibility index (Phi) is 5.58. The van der Waals surface area contributed by atoms with E-state index in [2.05, 4.69) is 4.72 Å². The third-order valence-electron chi connectivity index (χ3n) is 2.06. The molecule has 0 aliphatic heterocycles. The van der Waals surface area contributed by atoms with Gasteiger partial charge in [0, 0.05) is 13.0 Å².